The minimum absolute atomic E-state index is 0.0102. The van der Waals surface area contributed by atoms with Gasteiger partial charge in [-0.3, -0.25) is 9.59 Å². The van der Waals surface area contributed by atoms with Crippen LogP contribution in [0.25, 0.3) is 10.2 Å². The molecule has 2 amide bonds. The number of ether oxygens (including phenoxy) is 2. The van der Waals surface area contributed by atoms with Crippen molar-refractivity contribution in [1.29, 1.82) is 0 Å². The number of aromatic nitrogens is 1. The number of rotatable bonds is 6. The smallest absolute Gasteiger partial charge is 0.270 e. The molecule has 1 atom stereocenters. The lowest BCUT2D eigenvalue weighted by atomic mass is 10.1. The van der Waals surface area contributed by atoms with Crippen molar-refractivity contribution < 1.29 is 19.1 Å². The number of hydrogen-bond acceptors (Lipinski definition) is 5. The Labute approximate surface area is 185 Å². The number of benzene rings is 1. The Kier molecular flexibility index (Phi) is 6.29. The summed E-state index contributed by atoms with van der Waals surface area (Å²) in [6, 6.07) is 11.8. The lowest BCUT2D eigenvalue weighted by Crippen LogP contribution is -2.56. The summed E-state index contributed by atoms with van der Waals surface area (Å²) in [4.78, 5) is 30.5. The van der Waals surface area contributed by atoms with Gasteiger partial charge in [0.1, 0.15) is 22.9 Å². The van der Waals surface area contributed by atoms with Crippen LogP contribution in [0.2, 0.25) is 0 Å². The summed E-state index contributed by atoms with van der Waals surface area (Å²) >= 11 is 1.63. The highest BCUT2D eigenvalue weighted by molar-refractivity contribution is 7.16. The van der Waals surface area contributed by atoms with Crippen LogP contribution in [0, 0.1) is 0 Å². The van der Waals surface area contributed by atoms with E-state index in [2.05, 4.69) is 4.57 Å². The zero-order chi connectivity index (χ0) is 22.0. The lowest BCUT2D eigenvalue weighted by molar-refractivity contribution is -0.139. The van der Waals surface area contributed by atoms with Crippen molar-refractivity contribution in [3.05, 3.63) is 53.0 Å². The standard InChI is InChI=1S/C23H27N3O4S/c1-16-13-24(9-10-25(16)21(27)15-29-2)22(28)19-12-17-8-11-31-23(17)26(19)14-18-6-4-5-7-20(18)30-3/h4-8,11-12,16H,9-10,13-15H2,1-3H3. The average Bonchev–Trinajstić information content (AvgIpc) is 3.36. The Morgan fingerprint density at radius 3 is 2.71 bits per heavy atom. The highest BCUT2D eigenvalue weighted by Crippen LogP contribution is 2.29. The number of nitrogens with zero attached hydrogens (tertiary/aromatic N) is 3. The van der Waals surface area contributed by atoms with Crippen molar-refractivity contribution >= 4 is 33.4 Å². The Morgan fingerprint density at radius 2 is 1.97 bits per heavy atom. The van der Waals surface area contributed by atoms with Crippen LogP contribution >= 0.6 is 11.3 Å². The molecule has 1 unspecified atom stereocenters. The van der Waals surface area contributed by atoms with Crippen LogP contribution in [0.15, 0.2) is 41.8 Å². The third-order valence-electron chi connectivity index (χ3n) is 5.75. The third-order valence-corrected chi connectivity index (χ3v) is 6.70. The molecular formula is C23H27N3O4S. The molecule has 4 rings (SSSR count). The molecule has 1 fully saturated rings. The average molecular weight is 442 g/mol. The molecule has 164 valence electrons. The number of fused-ring (bicyclic) bond motifs is 1. The molecule has 0 spiro atoms. The SMILES string of the molecule is COCC(=O)N1CCN(C(=O)c2cc3ccsc3n2Cc2ccccc2OC)CC1C. The molecule has 2 aromatic heterocycles. The molecule has 0 aliphatic carbocycles. The van der Waals surface area contributed by atoms with Crippen LogP contribution in [0.4, 0.5) is 0 Å². The van der Waals surface area contributed by atoms with Crippen molar-refractivity contribution in [3.8, 4) is 5.75 Å². The minimum atomic E-state index is -0.0564. The van der Waals surface area contributed by atoms with Gasteiger partial charge in [-0.15, -0.1) is 11.3 Å². The molecule has 0 N–H and O–H groups in total. The van der Waals surface area contributed by atoms with Gasteiger partial charge in [0.05, 0.1) is 13.7 Å². The van der Waals surface area contributed by atoms with Gasteiger partial charge in [-0.05, 0) is 30.5 Å². The molecule has 1 saturated heterocycles. The Balaban J connectivity index is 1.60. The van der Waals surface area contributed by atoms with E-state index in [9.17, 15) is 9.59 Å². The van der Waals surface area contributed by atoms with Gasteiger partial charge >= 0.3 is 0 Å². The summed E-state index contributed by atoms with van der Waals surface area (Å²) in [6.07, 6.45) is 0. The van der Waals surface area contributed by atoms with Gasteiger partial charge in [-0.25, -0.2) is 0 Å². The fourth-order valence-corrected chi connectivity index (χ4v) is 5.09. The van der Waals surface area contributed by atoms with Crippen molar-refractivity contribution in [1.82, 2.24) is 14.4 Å². The number of methoxy groups -OCH3 is 2. The van der Waals surface area contributed by atoms with E-state index in [1.54, 1.807) is 23.3 Å². The fraction of sp³-hybridized carbons (Fsp3) is 0.391. The first kappa shape index (κ1) is 21.4. The number of amides is 2. The summed E-state index contributed by atoms with van der Waals surface area (Å²) < 4.78 is 12.6. The predicted molar refractivity (Wildman–Crippen MR) is 121 cm³/mol. The van der Waals surface area contributed by atoms with Crippen molar-refractivity contribution in [3.63, 3.8) is 0 Å². The van der Waals surface area contributed by atoms with Crippen LogP contribution in [-0.4, -0.2) is 72.7 Å². The molecule has 7 nitrogen and oxygen atoms in total. The normalized spacial score (nSPS) is 16.7. The summed E-state index contributed by atoms with van der Waals surface area (Å²) in [6.45, 7) is 4.11. The number of carbonyl (C=O) groups excluding carboxylic acids is 2. The van der Waals surface area contributed by atoms with Gasteiger partial charge < -0.3 is 23.8 Å². The Morgan fingerprint density at radius 1 is 1.16 bits per heavy atom. The van der Waals surface area contributed by atoms with Crippen molar-refractivity contribution in [2.45, 2.75) is 19.5 Å². The van der Waals surface area contributed by atoms with Gasteiger partial charge in [-0.2, -0.15) is 0 Å². The van der Waals surface area contributed by atoms with Crippen LogP contribution < -0.4 is 4.74 Å². The summed E-state index contributed by atoms with van der Waals surface area (Å²) in [5.41, 5.74) is 1.69. The van der Waals surface area contributed by atoms with Crippen LogP contribution in [0.1, 0.15) is 23.0 Å². The largest absolute Gasteiger partial charge is 0.496 e. The van der Waals surface area contributed by atoms with Crippen LogP contribution in [-0.2, 0) is 16.1 Å². The number of thiophene rings is 1. The molecule has 3 heterocycles. The zero-order valence-electron chi connectivity index (χ0n) is 18.0. The monoisotopic (exact) mass is 441 g/mol. The summed E-state index contributed by atoms with van der Waals surface area (Å²) in [7, 11) is 3.18. The van der Waals surface area contributed by atoms with E-state index in [1.165, 1.54) is 7.11 Å². The van der Waals surface area contributed by atoms with Gasteiger partial charge in [0.25, 0.3) is 5.91 Å². The first-order chi connectivity index (χ1) is 15.0. The third kappa shape index (κ3) is 4.18. The van der Waals surface area contributed by atoms with Crippen LogP contribution in [0.5, 0.6) is 5.75 Å². The maximum atomic E-state index is 13.5. The first-order valence-electron chi connectivity index (χ1n) is 10.3. The number of piperazine rings is 1. The summed E-state index contributed by atoms with van der Waals surface area (Å²) in [5.74, 6) is 0.754. The topological polar surface area (TPSA) is 64.0 Å². The minimum Gasteiger partial charge on any atom is -0.496 e. The predicted octanol–water partition coefficient (Wildman–Crippen LogP) is 3.08. The summed E-state index contributed by atoms with van der Waals surface area (Å²) in [5, 5.41) is 3.10. The maximum absolute atomic E-state index is 13.5. The molecular weight excluding hydrogens is 414 g/mol. The second kappa shape index (κ2) is 9.11. The molecule has 1 aliphatic rings. The fourth-order valence-electron chi connectivity index (χ4n) is 4.19. The maximum Gasteiger partial charge on any atom is 0.270 e. The van der Waals surface area contributed by atoms with E-state index in [-0.39, 0.29) is 24.5 Å². The molecule has 0 bridgehead atoms. The first-order valence-corrected chi connectivity index (χ1v) is 11.2. The van der Waals surface area contributed by atoms with E-state index in [4.69, 9.17) is 9.47 Å². The Hall–Kier alpha value is -2.84. The molecule has 3 aromatic rings. The second-order valence-electron chi connectivity index (χ2n) is 7.73. The van der Waals surface area contributed by atoms with E-state index < -0.39 is 0 Å². The van der Waals surface area contributed by atoms with Gasteiger partial charge in [0, 0.05) is 43.7 Å². The quantitative estimate of drug-likeness (QED) is 0.590. The highest BCUT2D eigenvalue weighted by Gasteiger charge is 2.31. The molecule has 8 heteroatoms. The van der Waals surface area contributed by atoms with E-state index in [0.29, 0.717) is 31.9 Å². The zero-order valence-corrected chi connectivity index (χ0v) is 18.9. The van der Waals surface area contributed by atoms with Gasteiger partial charge in [0.2, 0.25) is 5.91 Å². The highest BCUT2D eigenvalue weighted by atomic mass is 32.1. The molecule has 0 radical (unpaired) electrons. The molecule has 0 saturated carbocycles. The Bertz CT molecular complexity index is 1090. The van der Waals surface area contributed by atoms with E-state index in [0.717, 1.165) is 21.5 Å². The number of hydrogen-bond donors (Lipinski definition) is 0. The second-order valence-corrected chi connectivity index (χ2v) is 8.62. The lowest BCUT2D eigenvalue weighted by Gasteiger charge is -2.39. The van der Waals surface area contributed by atoms with Crippen molar-refractivity contribution in [2.24, 2.45) is 0 Å². The van der Waals surface area contributed by atoms with E-state index in [1.807, 2.05) is 53.6 Å². The number of carbonyl (C=O) groups is 2. The molecule has 31 heavy (non-hydrogen) atoms. The van der Waals surface area contributed by atoms with Gasteiger partial charge in [-0.1, -0.05) is 18.2 Å². The van der Waals surface area contributed by atoms with E-state index >= 15 is 0 Å². The number of para-hydroxylation sites is 1. The van der Waals surface area contributed by atoms with Gasteiger partial charge in [0.15, 0.2) is 0 Å². The van der Waals surface area contributed by atoms with Crippen molar-refractivity contribution in [2.75, 3.05) is 40.5 Å². The van der Waals surface area contributed by atoms with Crippen LogP contribution in [0.3, 0.4) is 0 Å². The molecule has 1 aliphatic heterocycles. The molecule has 1 aromatic carbocycles.